The Kier molecular flexibility index (Phi) is 4.87. The van der Waals surface area contributed by atoms with Crippen LogP contribution in [0.15, 0.2) is 0 Å². The molecule has 0 spiro atoms. The summed E-state index contributed by atoms with van der Waals surface area (Å²) in [7, 11) is -3.30. The molecule has 2 saturated heterocycles. The van der Waals surface area contributed by atoms with Gasteiger partial charge in [0.2, 0.25) is 0 Å². The van der Waals surface area contributed by atoms with Crippen molar-refractivity contribution in [1.82, 2.24) is 8.61 Å². The second-order valence-electron chi connectivity index (χ2n) is 6.21. The molecule has 2 rings (SSSR count). The fourth-order valence-corrected chi connectivity index (χ4v) is 4.91. The fourth-order valence-electron chi connectivity index (χ4n) is 3.14. The molecule has 6 heteroatoms. The van der Waals surface area contributed by atoms with Crippen LogP contribution in [0.4, 0.5) is 0 Å². The van der Waals surface area contributed by atoms with Crippen molar-refractivity contribution in [3.63, 3.8) is 0 Å². The second kappa shape index (κ2) is 6.08. The number of hydrogen-bond acceptors (Lipinski definition) is 3. The molecule has 0 amide bonds. The second-order valence-corrected chi connectivity index (χ2v) is 8.14. The number of rotatable bonds is 3. The summed E-state index contributed by atoms with van der Waals surface area (Å²) in [6.07, 6.45) is 4.24. The van der Waals surface area contributed by atoms with Gasteiger partial charge in [0, 0.05) is 32.2 Å². The first-order valence-corrected chi connectivity index (χ1v) is 8.83. The van der Waals surface area contributed by atoms with Gasteiger partial charge in [0.1, 0.15) is 0 Å². The van der Waals surface area contributed by atoms with Crippen molar-refractivity contribution >= 4 is 10.2 Å². The van der Waals surface area contributed by atoms with Crippen LogP contribution in [0.1, 0.15) is 39.5 Å². The Morgan fingerprint density at radius 1 is 1.00 bits per heavy atom. The lowest BCUT2D eigenvalue weighted by Crippen LogP contribution is -2.44. The molecule has 112 valence electrons. The summed E-state index contributed by atoms with van der Waals surface area (Å²) in [5, 5.41) is 0. The van der Waals surface area contributed by atoms with E-state index < -0.39 is 10.2 Å². The molecular weight excluding hydrogens is 262 g/mol. The third-order valence-electron chi connectivity index (χ3n) is 4.45. The standard InChI is InChI=1S/C13H27N3O2S/c1-11(2)12-9-16(10-13(12)14)19(17,18)15-7-5-3-4-6-8-15/h11-13H,3-10,14H2,1-2H3/t12-,13+/m0/s1. The molecule has 0 aliphatic carbocycles. The fraction of sp³-hybridized carbons (Fsp3) is 1.00. The van der Waals surface area contributed by atoms with Crippen LogP contribution in [0, 0.1) is 11.8 Å². The molecule has 0 radical (unpaired) electrons. The van der Waals surface area contributed by atoms with Gasteiger partial charge in [-0.1, -0.05) is 26.7 Å². The van der Waals surface area contributed by atoms with Crippen molar-refractivity contribution < 1.29 is 8.42 Å². The highest BCUT2D eigenvalue weighted by atomic mass is 32.2. The summed E-state index contributed by atoms with van der Waals surface area (Å²) < 4.78 is 28.6. The van der Waals surface area contributed by atoms with Gasteiger partial charge in [0.05, 0.1) is 0 Å². The molecular formula is C13H27N3O2S. The summed E-state index contributed by atoms with van der Waals surface area (Å²) in [6.45, 7) is 6.62. The van der Waals surface area contributed by atoms with E-state index in [4.69, 9.17) is 5.73 Å². The highest BCUT2D eigenvalue weighted by Crippen LogP contribution is 2.27. The molecule has 0 saturated carbocycles. The number of hydrogen-bond donors (Lipinski definition) is 1. The summed E-state index contributed by atoms with van der Waals surface area (Å²) in [4.78, 5) is 0. The van der Waals surface area contributed by atoms with E-state index in [1.165, 1.54) is 0 Å². The molecule has 19 heavy (non-hydrogen) atoms. The lowest BCUT2D eigenvalue weighted by molar-refractivity contribution is 0.344. The van der Waals surface area contributed by atoms with E-state index in [1.54, 1.807) is 8.61 Å². The first kappa shape index (κ1) is 15.2. The van der Waals surface area contributed by atoms with Crippen molar-refractivity contribution in [2.75, 3.05) is 26.2 Å². The highest BCUT2D eigenvalue weighted by Gasteiger charge is 2.40. The quantitative estimate of drug-likeness (QED) is 0.843. The number of nitrogens with two attached hydrogens (primary N) is 1. The van der Waals surface area contributed by atoms with Gasteiger partial charge in [-0.05, 0) is 24.7 Å². The van der Waals surface area contributed by atoms with E-state index in [1.807, 2.05) is 0 Å². The van der Waals surface area contributed by atoms with Gasteiger partial charge in [-0.15, -0.1) is 0 Å². The maximum atomic E-state index is 12.7. The van der Waals surface area contributed by atoms with Crippen LogP contribution in [-0.2, 0) is 10.2 Å². The minimum Gasteiger partial charge on any atom is -0.326 e. The molecule has 5 nitrogen and oxygen atoms in total. The smallest absolute Gasteiger partial charge is 0.282 e. The summed E-state index contributed by atoms with van der Waals surface area (Å²) in [5.74, 6) is 0.709. The molecule has 0 aromatic carbocycles. The SMILES string of the molecule is CC(C)[C@@H]1CN(S(=O)(=O)N2CCCCCC2)C[C@H]1N. The average Bonchev–Trinajstić information content (AvgIpc) is 2.58. The van der Waals surface area contributed by atoms with Crippen LogP contribution < -0.4 is 5.73 Å². The third-order valence-corrected chi connectivity index (χ3v) is 6.42. The largest absolute Gasteiger partial charge is 0.326 e. The van der Waals surface area contributed by atoms with Crippen LogP contribution in [0.3, 0.4) is 0 Å². The molecule has 2 N–H and O–H groups in total. The van der Waals surface area contributed by atoms with Gasteiger partial charge in [0.25, 0.3) is 10.2 Å². The van der Waals surface area contributed by atoms with Crippen LogP contribution >= 0.6 is 0 Å². The minimum atomic E-state index is -3.30. The van der Waals surface area contributed by atoms with Crippen molar-refractivity contribution in [2.24, 2.45) is 17.6 Å². The molecule has 0 aromatic heterocycles. The van der Waals surface area contributed by atoms with E-state index in [0.717, 1.165) is 25.7 Å². The van der Waals surface area contributed by atoms with Crippen molar-refractivity contribution in [2.45, 2.75) is 45.6 Å². The topological polar surface area (TPSA) is 66.6 Å². The van der Waals surface area contributed by atoms with Crippen molar-refractivity contribution in [1.29, 1.82) is 0 Å². The van der Waals surface area contributed by atoms with Crippen LogP contribution in [-0.4, -0.2) is 49.2 Å². The maximum absolute atomic E-state index is 12.7. The van der Waals surface area contributed by atoms with Gasteiger partial charge in [-0.25, -0.2) is 0 Å². The first-order chi connectivity index (χ1) is 8.93. The zero-order chi connectivity index (χ0) is 14.0. The summed E-state index contributed by atoms with van der Waals surface area (Å²) in [6, 6.07) is -0.0262. The highest BCUT2D eigenvalue weighted by molar-refractivity contribution is 7.86. The zero-order valence-corrected chi connectivity index (χ0v) is 12.9. The van der Waals surface area contributed by atoms with Gasteiger partial charge < -0.3 is 5.73 Å². The lowest BCUT2D eigenvalue weighted by Gasteiger charge is -2.26. The molecule has 0 aromatic rings. The zero-order valence-electron chi connectivity index (χ0n) is 12.1. The van der Waals surface area contributed by atoms with Gasteiger partial charge in [-0.3, -0.25) is 0 Å². The van der Waals surface area contributed by atoms with Gasteiger partial charge >= 0.3 is 0 Å². The molecule has 2 atom stereocenters. The molecule has 2 heterocycles. The van der Waals surface area contributed by atoms with E-state index in [0.29, 0.717) is 32.1 Å². The minimum absolute atomic E-state index is 0.0262. The van der Waals surface area contributed by atoms with Crippen LogP contribution in [0.5, 0.6) is 0 Å². The normalized spacial score (nSPS) is 31.8. The number of nitrogens with zero attached hydrogens (tertiary/aromatic N) is 2. The third kappa shape index (κ3) is 3.29. The molecule has 0 unspecified atom stereocenters. The lowest BCUT2D eigenvalue weighted by atomic mass is 9.92. The molecule has 2 fully saturated rings. The van der Waals surface area contributed by atoms with Crippen LogP contribution in [0.25, 0.3) is 0 Å². The average molecular weight is 289 g/mol. The maximum Gasteiger partial charge on any atom is 0.282 e. The predicted molar refractivity (Wildman–Crippen MR) is 76.8 cm³/mol. The summed E-state index contributed by atoms with van der Waals surface area (Å²) >= 11 is 0. The molecule has 0 bridgehead atoms. The molecule has 2 aliphatic heterocycles. The summed E-state index contributed by atoms with van der Waals surface area (Å²) in [5.41, 5.74) is 6.10. The Labute approximate surface area is 117 Å². The van der Waals surface area contributed by atoms with E-state index in [9.17, 15) is 8.42 Å². The van der Waals surface area contributed by atoms with Crippen LogP contribution in [0.2, 0.25) is 0 Å². The van der Waals surface area contributed by atoms with E-state index in [-0.39, 0.29) is 12.0 Å². The van der Waals surface area contributed by atoms with E-state index >= 15 is 0 Å². The van der Waals surface area contributed by atoms with Gasteiger partial charge in [-0.2, -0.15) is 17.0 Å². The Hall–Kier alpha value is -0.170. The Morgan fingerprint density at radius 2 is 1.58 bits per heavy atom. The van der Waals surface area contributed by atoms with E-state index in [2.05, 4.69) is 13.8 Å². The van der Waals surface area contributed by atoms with Crippen molar-refractivity contribution in [3.8, 4) is 0 Å². The Morgan fingerprint density at radius 3 is 2.05 bits per heavy atom. The predicted octanol–water partition coefficient (Wildman–Crippen LogP) is 1.02. The first-order valence-electron chi connectivity index (χ1n) is 7.43. The Bertz CT molecular complexity index is 389. The molecule has 2 aliphatic rings. The van der Waals surface area contributed by atoms with Crippen molar-refractivity contribution in [3.05, 3.63) is 0 Å². The monoisotopic (exact) mass is 289 g/mol. The Balaban J connectivity index is 2.07. The van der Waals surface area contributed by atoms with Gasteiger partial charge in [0.15, 0.2) is 0 Å².